The van der Waals surface area contributed by atoms with Crippen molar-refractivity contribution in [1.29, 1.82) is 5.26 Å². The third kappa shape index (κ3) is 2.41. The molecule has 0 spiro atoms. The van der Waals surface area contributed by atoms with E-state index in [0.29, 0.717) is 5.57 Å². The topological polar surface area (TPSA) is 50.1 Å². The van der Waals surface area contributed by atoms with Gasteiger partial charge in [0.1, 0.15) is 12.0 Å². The van der Waals surface area contributed by atoms with Crippen molar-refractivity contribution in [3.05, 3.63) is 54.1 Å². The van der Waals surface area contributed by atoms with Crippen LogP contribution in [0.3, 0.4) is 0 Å². The molecule has 0 amide bonds. The van der Waals surface area contributed by atoms with Gasteiger partial charge in [0, 0.05) is 0 Å². The van der Waals surface area contributed by atoms with E-state index in [1.165, 1.54) is 25.3 Å². The number of nitrogens with zero attached hydrogens (tertiary/aromatic N) is 1. The smallest absolute Gasteiger partial charge is 0.317 e. The Hall–Kier alpha value is -2.41. The minimum absolute atomic E-state index is 0.694. The highest BCUT2D eigenvalue weighted by atomic mass is 19.1. The van der Waals surface area contributed by atoms with Crippen molar-refractivity contribution in [2.24, 2.45) is 5.92 Å². The standard InChI is InChI=1S/C15H12FNO2/c1-19-14(18)13-9-12(7-8-15(13,16)10-17)11-5-3-2-4-6-11/h2-9,13H,1H3. The summed E-state index contributed by atoms with van der Waals surface area (Å²) < 4.78 is 18.9. The predicted molar refractivity (Wildman–Crippen MR) is 68.5 cm³/mol. The zero-order valence-electron chi connectivity index (χ0n) is 10.3. The van der Waals surface area contributed by atoms with Crippen molar-refractivity contribution in [2.75, 3.05) is 7.11 Å². The van der Waals surface area contributed by atoms with Crippen LogP contribution >= 0.6 is 0 Å². The minimum Gasteiger partial charge on any atom is -0.468 e. The zero-order valence-corrected chi connectivity index (χ0v) is 10.3. The number of methoxy groups -OCH3 is 1. The molecule has 2 unspecified atom stereocenters. The number of halogens is 1. The van der Waals surface area contributed by atoms with Gasteiger partial charge < -0.3 is 4.74 Å². The molecule has 0 N–H and O–H groups in total. The van der Waals surface area contributed by atoms with E-state index in [9.17, 15) is 9.18 Å². The van der Waals surface area contributed by atoms with Crippen molar-refractivity contribution in [1.82, 2.24) is 0 Å². The molecule has 1 aromatic rings. The van der Waals surface area contributed by atoms with E-state index in [-0.39, 0.29) is 0 Å². The number of esters is 1. The van der Waals surface area contributed by atoms with Crippen LogP contribution in [0.4, 0.5) is 4.39 Å². The van der Waals surface area contributed by atoms with Crippen LogP contribution in [0, 0.1) is 17.2 Å². The summed E-state index contributed by atoms with van der Waals surface area (Å²) in [6.07, 6.45) is 4.05. The summed E-state index contributed by atoms with van der Waals surface area (Å²) in [7, 11) is 1.18. The molecule has 0 saturated carbocycles. The van der Waals surface area contributed by atoms with Crippen LogP contribution in [0.1, 0.15) is 5.56 Å². The quantitative estimate of drug-likeness (QED) is 0.765. The fourth-order valence-corrected chi connectivity index (χ4v) is 1.97. The fraction of sp³-hybridized carbons (Fsp3) is 0.200. The van der Waals surface area contributed by atoms with Gasteiger partial charge in [-0.25, -0.2) is 4.39 Å². The summed E-state index contributed by atoms with van der Waals surface area (Å²) in [5, 5.41) is 8.91. The van der Waals surface area contributed by atoms with E-state index < -0.39 is 17.6 Å². The van der Waals surface area contributed by atoms with Crippen LogP contribution in [0.25, 0.3) is 5.57 Å². The average molecular weight is 257 g/mol. The molecule has 96 valence electrons. The maximum Gasteiger partial charge on any atom is 0.317 e. The molecule has 0 radical (unpaired) electrons. The number of hydrogen-bond acceptors (Lipinski definition) is 3. The van der Waals surface area contributed by atoms with Crippen LogP contribution < -0.4 is 0 Å². The van der Waals surface area contributed by atoms with Crippen LogP contribution in [-0.2, 0) is 9.53 Å². The van der Waals surface area contributed by atoms with E-state index in [4.69, 9.17) is 5.26 Å². The predicted octanol–water partition coefficient (Wildman–Crippen LogP) is 2.66. The van der Waals surface area contributed by atoms with Gasteiger partial charge in [-0.05, 0) is 17.2 Å². The van der Waals surface area contributed by atoms with Gasteiger partial charge in [0.05, 0.1) is 7.11 Å². The summed E-state index contributed by atoms with van der Waals surface area (Å²) in [5.41, 5.74) is -0.807. The van der Waals surface area contributed by atoms with E-state index in [1.807, 2.05) is 30.3 Å². The second-order valence-electron chi connectivity index (χ2n) is 4.20. The lowest BCUT2D eigenvalue weighted by Crippen LogP contribution is -2.36. The van der Waals surface area contributed by atoms with Crippen molar-refractivity contribution in [3.8, 4) is 6.07 Å². The Morgan fingerprint density at radius 2 is 2.11 bits per heavy atom. The molecule has 0 heterocycles. The second kappa shape index (κ2) is 5.07. The van der Waals surface area contributed by atoms with Crippen LogP contribution in [0.5, 0.6) is 0 Å². The molecule has 19 heavy (non-hydrogen) atoms. The molecular weight excluding hydrogens is 245 g/mol. The molecule has 2 atom stereocenters. The van der Waals surface area contributed by atoms with Gasteiger partial charge >= 0.3 is 5.97 Å². The molecule has 2 rings (SSSR count). The van der Waals surface area contributed by atoms with Crippen molar-refractivity contribution < 1.29 is 13.9 Å². The Kier molecular flexibility index (Phi) is 3.48. The monoisotopic (exact) mass is 257 g/mol. The van der Waals surface area contributed by atoms with Crippen molar-refractivity contribution in [3.63, 3.8) is 0 Å². The Balaban J connectivity index is 2.43. The lowest BCUT2D eigenvalue weighted by Gasteiger charge is -2.24. The zero-order chi connectivity index (χ0) is 13.9. The molecule has 0 aliphatic heterocycles. The molecule has 0 bridgehead atoms. The first-order valence-electron chi connectivity index (χ1n) is 5.75. The molecule has 0 aromatic heterocycles. The molecule has 0 saturated heterocycles. The van der Waals surface area contributed by atoms with E-state index >= 15 is 0 Å². The molecule has 1 aromatic carbocycles. The molecule has 1 aliphatic carbocycles. The van der Waals surface area contributed by atoms with Gasteiger partial charge in [-0.3, -0.25) is 4.79 Å². The van der Waals surface area contributed by atoms with Gasteiger partial charge in [-0.2, -0.15) is 5.26 Å². The van der Waals surface area contributed by atoms with Gasteiger partial charge in [0.25, 0.3) is 0 Å². The first-order valence-corrected chi connectivity index (χ1v) is 5.75. The van der Waals surface area contributed by atoms with E-state index in [2.05, 4.69) is 4.74 Å². The SMILES string of the molecule is COC(=O)C1C=C(c2ccccc2)C=CC1(F)C#N. The van der Waals surface area contributed by atoms with E-state index in [1.54, 1.807) is 0 Å². The first-order chi connectivity index (χ1) is 9.10. The number of allylic oxidation sites excluding steroid dienone is 3. The Labute approximate surface area is 110 Å². The summed E-state index contributed by atoms with van der Waals surface area (Å²) in [5.74, 6) is -2.01. The number of rotatable bonds is 2. The highest BCUT2D eigenvalue weighted by Gasteiger charge is 2.43. The third-order valence-corrected chi connectivity index (χ3v) is 3.04. The molecule has 1 aliphatic rings. The highest BCUT2D eigenvalue weighted by Crippen LogP contribution is 2.34. The number of carbonyl (C=O) groups excluding carboxylic acids is 1. The number of nitriles is 1. The lowest BCUT2D eigenvalue weighted by atomic mass is 9.82. The Bertz CT molecular complexity index is 586. The largest absolute Gasteiger partial charge is 0.468 e. The normalized spacial score (nSPS) is 25.3. The highest BCUT2D eigenvalue weighted by molar-refractivity contribution is 5.85. The second-order valence-corrected chi connectivity index (χ2v) is 4.20. The summed E-state index contributed by atoms with van der Waals surface area (Å²) in [6.45, 7) is 0. The number of carbonyl (C=O) groups is 1. The van der Waals surface area contributed by atoms with Gasteiger partial charge in [-0.1, -0.05) is 42.5 Å². The maximum absolute atomic E-state index is 14.3. The van der Waals surface area contributed by atoms with Crippen LogP contribution in [0.2, 0.25) is 0 Å². The van der Waals surface area contributed by atoms with Crippen LogP contribution in [0.15, 0.2) is 48.6 Å². The van der Waals surface area contributed by atoms with Gasteiger partial charge in [0.15, 0.2) is 0 Å². The number of benzene rings is 1. The summed E-state index contributed by atoms with van der Waals surface area (Å²) >= 11 is 0. The summed E-state index contributed by atoms with van der Waals surface area (Å²) in [4.78, 5) is 11.6. The number of hydrogen-bond donors (Lipinski definition) is 0. The Morgan fingerprint density at radius 3 is 2.68 bits per heavy atom. The van der Waals surface area contributed by atoms with Crippen LogP contribution in [-0.4, -0.2) is 18.7 Å². The van der Waals surface area contributed by atoms with Gasteiger partial charge in [-0.15, -0.1) is 0 Å². The minimum atomic E-state index is -2.36. The fourth-order valence-electron chi connectivity index (χ4n) is 1.97. The molecule has 0 fully saturated rings. The maximum atomic E-state index is 14.3. The number of alkyl halides is 1. The van der Waals surface area contributed by atoms with E-state index in [0.717, 1.165) is 11.6 Å². The number of ether oxygens (including phenoxy) is 1. The first kappa shape index (κ1) is 13.0. The van der Waals surface area contributed by atoms with Crippen molar-refractivity contribution >= 4 is 11.5 Å². The van der Waals surface area contributed by atoms with Gasteiger partial charge in [0.2, 0.25) is 5.67 Å². The lowest BCUT2D eigenvalue weighted by molar-refractivity contribution is -0.146. The average Bonchev–Trinajstić information content (AvgIpc) is 2.48. The third-order valence-electron chi connectivity index (χ3n) is 3.04. The molecular formula is C15H12FNO2. The Morgan fingerprint density at radius 1 is 1.42 bits per heavy atom. The molecule has 3 nitrogen and oxygen atoms in total. The van der Waals surface area contributed by atoms with Crippen molar-refractivity contribution in [2.45, 2.75) is 5.67 Å². The summed E-state index contributed by atoms with van der Waals surface area (Å²) in [6, 6.07) is 10.8. The molecule has 4 heteroatoms.